The first-order valence-corrected chi connectivity index (χ1v) is 6.61. The van der Waals surface area contributed by atoms with Crippen LogP contribution in [0.15, 0.2) is 12.4 Å². The van der Waals surface area contributed by atoms with Crippen molar-refractivity contribution in [2.45, 2.75) is 18.8 Å². The van der Waals surface area contributed by atoms with Crippen LogP contribution in [0.25, 0.3) is 0 Å². The van der Waals surface area contributed by atoms with E-state index >= 15 is 0 Å². The molecule has 1 aliphatic heterocycles. The topological polar surface area (TPSA) is 76.1 Å². The van der Waals surface area contributed by atoms with Gasteiger partial charge in [0, 0.05) is 25.8 Å². The van der Waals surface area contributed by atoms with Crippen LogP contribution in [0.3, 0.4) is 0 Å². The fraction of sp³-hybridized carbons (Fsp3) is 0.615. The van der Waals surface area contributed by atoms with E-state index < -0.39 is 0 Å². The van der Waals surface area contributed by atoms with E-state index in [1.807, 2.05) is 0 Å². The number of methoxy groups -OCH3 is 1. The van der Waals surface area contributed by atoms with Crippen LogP contribution in [0.1, 0.15) is 34.9 Å². The molecule has 0 radical (unpaired) electrons. The summed E-state index contributed by atoms with van der Waals surface area (Å²) in [5, 5.41) is 6.07. The zero-order valence-electron chi connectivity index (χ0n) is 11.2. The molecule has 0 atom stereocenters. The number of nitrogens with one attached hydrogen (secondary N) is 2. The number of amides is 1. The van der Waals surface area contributed by atoms with Crippen LogP contribution < -0.4 is 10.6 Å². The van der Waals surface area contributed by atoms with Crippen molar-refractivity contribution < 1.29 is 9.53 Å². The Labute approximate surface area is 113 Å². The molecule has 0 aromatic carbocycles. The number of carbonyl (C=O) groups is 1. The average molecular weight is 264 g/mol. The Balaban J connectivity index is 1.99. The first kappa shape index (κ1) is 13.9. The van der Waals surface area contributed by atoms with Crippen LogP contribution in [0, 0.1) is 0 Å². The standard InChI is InChI=1S/C13H20N4O2/c1-19-7-6-16-13(18)12-9-15-8-11(17-12)10-2-4-14-5-3-10/h8-10,14H,2-7H2,1H3,(H,16,18). The third-order valence-corrected chi connectivity index (χ3v) is 3.23. The Hall–Kier alpha value is -1.53. The molecule has 0 aliphatic carbocycles. The van der Waals surface area contributed by atoms with Gasteiger partial charge >= 0.3 is 0 Å². The average Bonchev–Trinajstić information content (AvgIpc) is 2.48. The van der Waals surface area contributed by atoms with Crippen molar-refractivity contribution in [3.63, 3.8) is 0 Å². The fourth-order valence-corrected chi connectivity index (χ4v) is 2.16. The highest BCUT2D eigenvalue weighted by Gasteiger charge is 2.18. The molecule has 6 heteroatoms. The van der Waals surface area contributed by atoms with Gasteiger partial charge in [0.25, 0.3) is 5.91 Å². The van der Waals surface area contributed by atoms with E-state index in [4.69, 9.17) is 4.74 Å². The normalized spacial score (nSPS) is 16.3. The second-order valence-electron chi connectivity index (χ2n) is 4.60. The van der Waals surface area contributed by atoms with Gasteiger partial charge < -0.3 is 15.4 Å². The van der Waals surface area contributed by atoms with Crippen molar-refractivity contribution in [2.75, 3.05) is 33.4 Å². The summed E-state index contributed by atoms with van der Waals surface area (Å²) in [6.45, 7) is 2.97. The minimum absolute atomic E-state index is 0.194. The van der Waals surface area contributed by atoms with Crippen LogP contribution in [-0.2, 0) is 4.74 Å². The third-order valence-electron chi connectivity index (χ3n) is 3.23. The molecule has 0 saturated carbocycles. The summed E-state index contributed by atoms with van der Waals surface area (Å²) in [5.74, 6) is 0.209. The summed E-state index contributed by atoms with van der Waals surface area (Å²) in [6, 6.07) is 0. The molecular formula is C13H20N4O2. The lowest BCUT2D eigenvalue weighted by Crippen LogP contribution is -2.29. The molecule has 19 heavy (non-hydrogen) atoms. The smallest absolute Gasteiger partial charge is 0.271 e. The Bertz CT molecular complexity index is 419. The van der Waals surface area contributed by atoms with Crippen molar-refractivity contribution in [1.29, 1.82) is 0 Å². The van der Waals surface area contributed by atoms with Crippen molar-refractivity contribution in [2.24, 2.45) is 0 Å². The van der Waals surface area contributed by atoms with E-state index in [0.717, 1.165) is 31.6 Å². The summed E-state index contributed by atoms with van der Waals surface area (Å²) in [7, 11) is 1.60. The maximum Gasteiger partial charge on any atom is 0.271 e. The van der Waals surface area contributed by atoms with Gasteiger partial charge in [-0.1, -0.05) is 0 Å². The van der Waals surface area contributed by atoms with Gasteiger partial charge in [-0.2, -0.15) is 0 Å². The number of nitrogens with zero attached hydrogens (tertiary/aromatic N) is 2. The molecule has 1 aromatic heterocycles. The lowest BCUT2D eigenvalue weighted by molar-refractivity contribution is 0.0931. The van der Waals surface area contributed by atoms with Gasteiger partial charge in [-0.05, 0) is 25.9 Å². The first-order valence-electron chi connectivity index (χ1n) is 6.61. The summed E-state index contributed by atoms with van der Waals surface area (Å²) in [5.41, 5.74) is 1.30. The van der Waals surface area contributed by atoms with Crippen LogP contribution in [0.5, 0.6) is 0 Å². The van der Waals surface area contributed by atoms with E-state index in [0.29, 0.717) is 24.8 Å². The summed E-state index contributed by atoms with van der Waals surface area (Å²) >= 11 is 0. The first-order chi connectivity index (χ1) is 9.31. The second kappa shape index (κ2) is 7.16. The molecule has 0 spiro atoms. The minimum atomic E-state index is -0.194. The van der Waals surface area contributed by atoms with E-state index in [2.05, 4.69) is 20.6 Å². The molecule has 2 rings (SSSR count). The van der Waals surface area contributed by atoms with Gasteiger partial charge in [0.15, 0.2) is 0 Å². The van der Waals surface area contributed by atoms with Gasteiger partial charge in [0.1, 0.15) is 5.69 Å². The van der Waals surface area contributed by atoms with Crippen LogP contribution in [-0.4, -0.2) is 49.2 Å². The second-order valence-corrected chi connectivity index (χ2v) is 4.60. The predicted molar refractivity (Wildman–Crippen MR) is 71.1 cm³/mol. The van der Waals surface area contributed by atoms with Gasteiger partial charge in [-0.3, -0.25) is 9.78 Å². The quantitative estimate of drug-likeness (QED) is 0.749. The highest BCUT2D eigenvalue weighted by atomic mass is 16.5. The molecule has 6 nitrogen and oxygen atoms in total. The molecule has 104 valence electrons. The van der Waals surface area contributed by atoms with Crippen molar-refractivity contribution in [1.82, 2.24) is 20.6 Å². The largest absolute Gasteiger partial charge is 0.383 e. The lowest BCUT2D eigenvalue weighted by atomic mass is 9.95. The molecule has 1 aromatic rings. The molecule has 1 fully saturated rings. The van der Waals surface area contributed by atoms with Crippen LogP contribution in [0.2, 0.25) is 0 Å². The number of hydrogen-bond acceptors (Lipinski definition) is 5. The van der Waals surface area contributed by atoms with Gasteiger partial charge in [-0.15, -0.1) is 0 Å². The monoisotopic (exact) mass is 264 g/mol. The Morgan fingerprint density at radius 2 is 2.26 bits per heavy atom. The maximum absolute atomic E-state index is 11.9. The van der Waals surface area contributed by atoms with Gasteiger partial charge in [-0.25, -0.2) is 4.98 Å². The Kier molecular flexibility index (Phi) is 5.23. The molecule has 1 saturated heterocycles. The molecule has 0 bridgehead atoms. The molecular weight excluding hydrogens is 244 g/mol. The van der Waals surface area contributed by atoms with E-state index in [1.54, 1.807) is 13.3 Å². The number of carbonyl (C=O) groups excluding carboxylic acids is 1. The van der Waals surface area contributed by atoms with E-state index in [-0.39, 0.29) is 5.91 Å². The van der Waals surface area contributed by atoms with E-state index in [1.165, 1.54) is 6.20 Å². The number of aromatic nitrogens is 2. The minimum Gasteiger partial charge on any atom is -0.383 e. The lowest BCUT2D eigenvalue weighted by Gasteiger charge is -2.21. The van der Waals surface area contributed by atoms with Crippen molar-refractivity contribution in [3.8, 4) is 0 Å². The van der Waals surface area contributed by atoms with Gasteiger partial charge in [0.2, 0.25) is 0 Å². The van der Waals surface area contributed by atoms with Gasteiger partial charge in [0.05, 0.1) is 18.5 Å². The number of piperidine rings is 1. The maximum atomic E-state index is 11.9. The Morgan fingerprint density at radius 1 is 1.47 bits per heavy atom. The molecule has 0 unspecified atom stereocenters. The number of hydrogen-bond donors (Lipinski definition) is 2. The summed E-state index contributed by atoms with van der Waals surface area (Å²) in [6.07, 6.45) is 5.36. The van der Waals surface area contributed by atoms with Crippen LogP contribution in [0.4, 0.5) is 0 Å². The zero-order valence-corrected chi connectivity index (χ0v) is 11.2. The third kappa shape index (κ3) is 3.97. The van der Waals surface area contributed by atoms with Crippen molar-refractivity contribution >= 4 is 5.91 Å². The van der Waals surface area contributed by atoms with Crippen LogP contribution >= 0.6 is 0 Å². The van der Waals surface area contributed by atoms with Crippen molar-refractivity contribution in [3.05, 3.63) is 23.8 Å². The number of ether oxygens (including phenoxy) is 1. The number of rotatable bonds is 5. The molecule has 1 amide bonds. The summed E-state index contributed by atoms with van der Waals surface area (Å²) < 4.78 is 4.89. The van der Waals surface area contributed by atoms with E-state index in [9.17, 15) is 4.79 Å². The molecule has 2 N–H and O–H groups in total. The molecule has 2 heterocycles. The Morgan fingerprint density at radius 3 is 3.00 bits per heavy atom. The SMILES string of the molecule is COCCNC(=O)c1cncc(C2CCNCC2)n1. The highest BCUT2D eigenvalue weighted by molar-refractivity contribution is 5.91. The molecule has 1 aliphatic rings. The highest BCUT2D eigenvalue weighted by Crippen LogP contribution is 2.22. The summed E-state index contributed by atoms with van der Waals surface area (Å²) in [4.78, 5) is 20.4. The fourth-order valence-electron chi connectivity index (χ4n) is 2.16. The predicted octanol–water partition coefficient (Wildman–Crippen LogP) is 0.320. The zero-order chi connectivity index (χ0) is 13.5.